The highest BCUT2D eigenvalue weighted by Crippen LogP contribution is 2.28. The minimum atomic E-state index is -0.349. The predicted molar refractivity (Wildman–Crippen MR) is 119 cm³/mol. The van der Waals surface area contributed by atoms with Gasteiger partial charge in [-0.2, -0.15) is 10.2 Å². The van der Waals surface area contributed by atoms with Crippen LogP contribution in [0.3, 0.4) is 0 Å². The SMILES string of the molecule is Cc1nn(-c2ccc(F)cc2)c2n[nH]c(NC(=O)c3ccccc3OCc3cscn3)c12. The number of anilines is 1. The number of aryl methyl sites for hydroxylation is 1. The average molecular weight is 448 g/mol. The quantitative estimate of drug-likeness (QED) is 0.399. The Kier molecular flexibility index (Phi) is 5.12. The smallest absolute Gasteiger partial charge is 0.260 e. The van der Waals surface area contributed by atoms with Crippen molar-refractivity contribution in [3.63, 3.8) is 0 Å². The molecule has 3 heterocycles. The third kappa shape index (κ3) is 3.71. The lowest BCUT2D eigenvalue weighted by Crippen LogP contribution is -2.14. The molecule has 32 heavy (non-hydrogen) atoms. The van der Waals surface area contributed by atoms with Crippen molar-refractivity contribution in [3.05, 3.63) is 82.2 Å². The zero-order valence-electron chi connectivity index (χ0n) is 16.9. The van der Waals surface area contributed by atoms with Gasteiger partial charge in [-0.25, -0.2) is 14.1 Å². The number of aromatic amines is 1. The topological polar surface area (TPSA) is 97.7 Å². The minimum absolute atomic E-state index is 0.269. The molecule has 0 bridgehead atoms. The van der Waals surface area contributed by atoms with Crippen LogP contribution in [-0.2, 0) is 6.61 Å². The van der Waals surface area contributed by atoms with Gasteiger partial charge in [-0.05, 0) is 43.3 Å². The number of rotatable bonds is 6. The van der Waals surface area contributed by atoms with E-state index in [0.717, 1.165) is 5.69 Å². The zero-order valence-corrected chi connectivity index (χ0v) is 17.7. The van der Waals surface area contributed by atoms with E-state index in [1.54, 1.807) is 46.6 Å². The molecular weight excluding hydrogens is 431 g/mol. The monoisotopic (exact) mass is 448 g/mol. The summed E-state index contributed by atoms with van der Waals surface area (Å²) >= 11 is 1.48. The van der Waals surface area contributed by atoms with Crippen LogP contribution in [0.2, 0.25) is 0 Å². The van der Waals surface area contributed by atoms with E-state index in [4.69, 9.17) is 4.74 Å². The van der Waals surface area contributed by atoms with E-state index in [1.807, 2.05) is 12.3 Å². The van der Waals surface area contributed by atoms with E-state index in [2.05, 4.69) is 25.6 Å². The van der Waals surface area contributed by atoms with E-state index in [0.29, 0.717) is 39.5 Å². The van der Waals surface area contributed by atoms with Gasteiger partial charge < -0.3 is 10.1 Å². The second kappa shape index (κ2) is 8.23. The second-order valence-corrected chi connectivity index (χ2v) is 7.71. The van der Waals surface area contributed by atoms with Crippen molar-refractivity contribution in [3.8, 4) is 11.4 Å². The molecule has 2 aromatic carbocycles. The lowest BCUT2D eigenvalue weighted by molar-refractivity contribution is 0.102. The standard InChI is InChI=1S/C22H17FN6O2S/c1-13-19-20(26-27-21(19)29(28-13)16-8-6-14(23)7-9-16)25-22(30)17-4-2-3-5-18(17)31-10-15-11-32-12-24-15/h2-9,11-12H,10H2,1H3,(H2,25,26,27,30). The summed E-state index contributed by atoms with van der Waals surface area (Å²) in [5.74, 6) is 0.190. The van der Waals surface area contributed by atoms with Crippen LogP contribution in [-0.4, -0.2) is 30.9 Å². The fraction of sp³-hybridized carbons (Fsp3) is 0.0909. The van der Waals surface area contributed by atoms with E-state index < -0.39 is 0 Å². The predicted octanol–water partition coefficient (Wildman–Crippen LogP) is 4.48. The Morgan fingerprint density at radius 1 is 1.22 bits per heavy atom. The first-order valence-corrected chi connectivity index (χ1v) is 10.6. The third-order valence-corrected chi connectivity index (χ3v) is 5.50. The molecule has 0 fully saturated rings. The minimum Gasteiger partial charge on any atom is -0.486 e. The van der Waals surface area contributed by atoms with E-state index in [-0.39, 0.29) is 18.3 Å². The molecule has 3 aromatic heterocycles. The molecule has 5 aromatic rings. The highest BCUT2D eigenvalue weighted by molar-refractivity contribution is 7.07. The Morgan fingerprint density at radius 2 is 2.03 bits per heavy atom. The summed E-state index contributed by atoms with van der Waals surface area (Å²) in [6.45, 7) is 2.09. The summed E-state index contributed by atoms with van der Waals surface area (Å²) in [6.07, 6.45) is 0. The summed E-state index contributed by atoms with van der Waals surface area (Å²) in [7, 11) is 0. The summed E-state index contributed by atoms with van der Waals surface area (Å²) in [6, 6.07) is 12.9. The number of para-hydroxylation sites is 1. The molecule has 1 amide bonds. The number of benzene rings is 2. The van der Waals surface area contributed by atoms with Crippen molar-refractivity contribution in [2.45, 2.75) is 13.5 Å². The van der Waals surface area contributed by atoms with Gasteiger partial charge in [0.05, 0.1) is 33.5 Å². The lowest BCUT2D eigenvalue weighted by atomic mass is 10.2. The van der Waals surface area contributed by atoms with Gasteiger partial charge in [-0.1, -0.05) is 12.1 Å². The van der Waals surface area contributed by atoms with Gasteiger partial charge in [-0.3, -0.25) is 9.89 Å². The van der Waals surface area contributed by atoms with Gasteiger partial charge in [0.15, 0.2) is 5.65 Å². The second-order valence-electron chi connectivity index (χ2n) is 6.99. The highest BCUT2D eigenvalue weighted by atomic mass is 32.1. The molecule has 10 heteroatoms. The Bertz CT molecular complexity index is 1390. The largest absolute Gasteiger partial charge is 0.486 e. The summed E-state index contributed by atoms with van der Waals surface area (Å²) in [5.41, 5.74) is 4.77. The fourth-order valence-electron chi connectivity index (χ4n) is 3.35. The molecule has 5 rings (SSSR count). The summed E-state index contributed by atoms with van der Waals surface area (Å²) in [4.78, 5) is 17.2. The highest BCUT2D eigenvalue weighted by Gasteiger charge is 2.20. The van der Waals surface area contributed by atoms with Crippen molar-refractivity contribution < 1.29 is 13.9 Å². The Labute approximate surface area is 185 Å². The fourth-order valence-corrected chi connectivity index (χ4v) is 3.89. The number of fused-ring (bicyclic) bond motifs is 1. The number of halogens is 1. The molecule has 0 aliphatic heterocycles. The Morgan fingerprint density at radius 3 is 2.81 bits per heavy atom. The van der Waals surface area contributed by atoms with Crippen LogP contribution in [0, 0.1) is 12.7 Å². The molecule has 0 spiro atoms. The number of carbonyl (C=O) groups excluding carboxylic acids is 1. The van der Waals surface area contributed by atoms with Crippen LogP contribution in [0.1, 0.15) is 21.7 Å². The van der Waals surface area contributed by atoms with Crippen LogP contribution in [0.15, 0.2) is 59.4 Å². The van der Waals surface area contributed by atoms with Crippen LogP contribution in [0.25, 0.3) is 16.7 Å². The normalized spacial score (nSPS) is 11.1. The van der Waals surface area contributed by atoms with Gasteiger partial charge >= 0.3 is 0 Å². The van der Waals surface area contributed by atoms with E-state index in [1.165, 1.54) is 23.5 Å². The van der Waals surface area contributed by atoms with Gasteiger partial charge in [0.2, 0.25) is 0 Å². The Balaban J connectivity index is 1.42. The van der Waals surface area contributed by atoms with Crippen molar-refractivity contribution in [2.75, 3.05) is 5.32 Å². The molecule has 0 atom stereocenters. The molecule has 0 aliphatic rings. The third-order valence-electron chi connectivity index (χ3n) is 4.86. The maximum atomic E-state index is 13.3. The first-order chi connectivity index (χ1) is 15.6. The molecule has 8 nitrogen and oxygen atoms in total. The summed E-state index contributed by atoms with van der Waals surface area (Å²) < 4.78 is 20.7. The number of hydrogen-bond acceptors (Lipinski definition) is 6. The van der Waals surface area contributed by atoms with Crippen LogP contribution < -0.4 is 10.1 Å². The maximum absolute atomic E-state index is 13.3. The van der Waals surface area contributed by atoms with Crippen LogP contribution in [0.5, 0.6) is 5.75 Å². The molecule has 160 valence electrons. The number of aromatic nitrogens is 5. The zero-order chi connectivity index (χ0) is 22.1. The van der Waals surface area contributed by atoms with Crippen molar-refractivity contribution in [1.82, 2.24) is 25.0 Å². The molecule has 0 saturated heterocycles. The van der Waals surface area contributed by atoms with Gasteiger partial charge in [0.25, 0.3) is 5.91 Å². The molecular formula is C22H17FN6O2S. The van der Waals surface area contributed by atoms with Crippen molar-refractivity contribution in [1.29, 1.82) is 0 Å². The van der Waals surface area contributed by atoms with E-state index in [9.17, 15) is 9.18 Å². The number of H-pyrrole nitrogens is 1. The van der Waals surface area contributed by atoms with Crippen molar-refractivity contribution in [2.24, 2.45) is 0 Å². The number of nitrogens with zero attached hydrogens (tertiary/aromatic N) is 4. The first-order valence-electron chi connectivity index (χ1n) is 9.70. The van der Waals surface area contributed by atoms with Crippen LogP contribution >= 0.6 is 11.3 Å². The van der Waals surface area contributed by atoms with E-state index >= 15 is 0 Å². The molecule has 0 saturated carbocycles. The first kappa shape index (κ1) is 19.9. The molecule has 2 N–H and O–H groups in total. The summed E-state index contributed by atoms with van der Waals surface area (Å²) in [5, 5.41) is 17.1. The van der Waals surface area contributed by atoms with Gasteiger partial charge in [0.1, 0.15) is 24.0 Å². The molecule has 0 radical (unpaired) electrons. The van der Waals surface area contributed by atoms with Gasteiger partial charge in [-0.15, -0.1) is 11.3 Å². The number of ether oxygens (including phenoxy) is 1. The Hall–Kier alpha value is -4.05. The maximum Gasteiger partial charge on any atom is 0.260 e. The molecule has 0 unspecified atom stereocenters. The lowest BCUT2D eigenvalue weighted by Gasteiger charge is -2.10. The number of carbonyl (C=O) groups is 1. The van der Waals surface area contributed by atoms with Gasteiger partial charge in [0, 0.05) is 5.38 Å². The number of hydrogen-bond donors (Lipinski definition) is 2. The number of amides is 1. The average Bonchev–Trinajstić information content (AvgIpc) is 3.53. The van der Waals surface area contributed by atoms with Crippen molar-refractivity contribution >= 4 is 34.1 Å². The number of nitrogens with one attached hydrogen (secondary N) is 2. The molecule has 0 aliphatic carbocycles. The number of thiazole rings is 1. The van der Waals surface area contributed by atoms with Crippen LogP contribution in [0.4, 0.5) is 10.2 Å².